The summed E-state index contributed by atoms with van der Waals surface area (Å²) >= 11 is 0. The van der Waals surface area contributed by atoms with Crippen molar-refractivity contribution in [3.8, 4) is 22.7 Å². The lowest BCUT2D eigenvalue weighted by molar-refractivity contribution is 0.166. The zero-order chi connectivity index (χ0) is 21.5. The minimum Gasteiger partial charge on any atom is -0.496 e. The second kappa shape index (κ2) is 7.67. The van der Waals surface area contributed by atoms with E-state index >= 15 is 0 Å². The SMILES string of the molecule is COc1cc(-n2cccn2)ccc1-c1nc2c(C)cn(C3=CCC[C@H](O)C3)c2nc1C. The van der Waals surface area contributed by atoms with Crippen LogP contribution in [0.4, 0.5) is 0 Å². The minimum atomic E-state index is -0.302. The predicted octanol–water partition coefficient (Wildman–Crippen LogP) is 4.30. The first-order valence-corrected chi connectivity index (χ1v) is 10.5. The largest absolute Gasteiger partial charge is 0.496 e. The fourth-order valence-corrected chi connectivity index (χ4v) is 4.24. The lowest BCUT2D eigenvalue weighted by Gasteiger charge is -2.19. The van der Waals surface area contributed by atoms with Crippen molar-refractivity contribution in [1.29, 1.82) is 0 Å². The first-order chi connectivity index (χ1) is 15.0. The number of nitrogens with zero attached hydrogens (tertiary/aromatic N) is 5. The van der Waals surface area contributed by atoms with E-state index in [9.17, 15) is 5.11 Å². The van der Waals surface area contributed by atoms with E-state index in [1.165, 1.54) is 0 Å². The summed E-state index contributed by atoms with van der Waals surface area (Å²) in [5, 5.41) is 14.4. The lowest BCUT2D eigenvalue weighted by Crippen LogP contribution is -2.14. The van der Waals surface area contributed by atoms with E-state index in [4.69, 9.17) is 14.7 Å². The van der Waals surface area contributed by atoms with Gasteiger partial charge in [0.25, 0.3) is 0 Å². The average molecular weight is 415 g/mol. The van der Waals surface area contributed by atoms with Crippen molar-refractivity contribution < 1.29 is 9.84 Å². The van der Waals surface area contributed by atoms with Crippen LogP contribution in [0.1, 0.15) is 30.5 Å². The maximum Gasteiger partial charge on any atom is 0.163 e. The van der Waals surface area contributed by atoms with E-state index in [0.29, 0.717) is 6.42 Å². The van der Waals surface area contributed by atoms with E-state index < -0.39 is 0 Å². The molecule has 0 unspecified atom stereocenters. The number of aliphatic hydroxyl groups excluding tert-OH is 1. The Balaban J connectivity index is 1.62. The Morgan fingerprint density at radius 3 is 2.81 bits per heavy atom. The number of aryl methyl sites for hydroxylation is 2. The zero-order valence-electron chi connectivity index (χ0n) is 17.9. The van der Waals surface area contributed by atoms with E-state index in [1.54, 1.807) is 18.0 Å². The number of benzene rings is 1. The van der Waals surface area contributed by atoms with Gasteiger partial charge in [-0.05, 0) is 50.5 Å². The van der Waals surface area contributed by atoms with Crippen molar-refractivity contribution in [1.82, 2.24) is 24.3 Å². The quantitative estimate of drug-likeness (QED) is 0.538. The van der Waals surface area contributed by atoms with Crippen molar-refractivity contribution in [3.63, 3.8) is 0 Å². The molecule has 0 radical (unpaired) electrons. The molecular formula is C24H25N5O2. The van der Waals surface area contributed by atoms with Gasteiger partial charge in [0.2, 0.25) is 0 Å². The molecule has 0 bridgehead atoms. The van der Waals surface area contributed by atoms with Crippen molar-refractivity contribution in [3.05, 3.63) is 60.2 Å². The summed E-state index contributed by atoms with van der Waals surface area (Å²) in [4.78, 5) is 9.93. The summed E-state index contributed by atoms with van der Waals surface area (Å²) in [7, 11) is 1.66. The molecule has 31 heavy (non-hydrogen) atoms. The summed E-state index contributed by atoms with van der Waals surface area (Å²) in [6.45, 7) is 4.02. The minimum absolute atomic E-state index is 0.302. The van der Waals surface area contributed by atoms with Gasteiger partial charge in [-0.1, -0.05) is 6.08 Å². The Morgan fingerprint density at radius 2 is 2.06 bits per heavy atom. The number of methoxy groups -OCH3 is 1. The molecule has 1 aliphatic rings. The molecule has 1 aromatic carbocycles. The molecule has 3 aromatic heterocycles. The summed E-state index contributed by atoms with van der Waals surface area (Å²) in [6, 6.07) is 7.85. The van der Waals surface area contributed by atoms with Gasteiger partial charge in [0.05, 0.1) is 30.3 Å². The average Bonchev–Trinajstić information content (AvgIpc) is 3.41. The molecule has 0 saturated carbocycles. The highest BCUT2D eigenvalue weighted by molar-refractivity contribution is 5.84. The molecule has 4 aromatic rings. The molecule has 0 saturated heterocycles. The van der Waals surface area contributed by atoms with Gasteiger partial charge in [-0.3, -0.25) is 0 Å². The number of hydrogen-bond donors (Lipinski definition) is 1. The Kier molecular flexibility index (Phi) is 4.82. The van der Waals surface area contributed by atoms with Crippen LogP contribution >= 0.6 is 0 Å². The van der Waals surface area contributed by atoms with Crippen molar-refractivity contribution in [2.45, 2.75) is 39.2 Å². The lowest BCUT2D eigenvalue weighted by atomic mass is 10.0. The maximum absolute atomic E-state index is 10.1. The normalized spacial score (nSPS) is 16.5. The smallest absolute Gasteiger partial charge is 0.163 e. The first kappa shape index (κ1) is 19.5. The van der Waals surface area contributed by atoms with Crippen LogP contribution < -0.4 is 4.74 Å². The molecule has 1 aliphatic carbocycles. The number of allylic oxidation sites excluding steroid dienone is 1. The Morgan fingerprint density at radius 1 is 1.19 bits per heavy atom. The van der Waals surface area contributed by atoms with Crippen LogP contribution in [0.2, 0.25) is 0 Å². The molecule has 0 fully saturated rings. The molecule has 7 heteroatoms. The van der Waals surface area contributed by atoms with Gasteiger partial charge in [-0.25, -0.2) is 14.6 Å². The zero-order valence-corrected chi connectivity index (χ0v) is 17.9. The highest BCUT2D eigenvalue weighted by atomic mass is 16.5. The molecule has 7 nitrogen and oxygen atoms in total. The fraction of sp³-hybridized carbons (Fsp3) is 0.292. The van der Waals surface area contributed by atoms with Gasteiger partial charge in [0.15, 0.2) is 5.65 Å². The topological polar surface area (TPSA) is 78.0 Å². The Hall–Kier alpha value is -3.45. The van der Waals surface area contributed by atoms with E-state index in [-0.39, 0.29) is 6.10 Å². The number of fused-ring (bicyclic) bond motifs is 1. The maximum atomic E-state index is 10.1. The van der Waals surface area contributed by atoms with Crippen LogP contribution in [0.15, 0.2) is 48.9 Å². The third kappa shape index (κ3) is 3.41. The second-order valence-electron chi connectivity index (χ2n) is 7.98. The Labute approximate surface area is 180 Å². The van der Waals surface area contributed by atoms with E-state index in [1.807, 2.05) is 44.3 Å². The van der Waals surface area contributed by atoms with Crippen LogP contribution in [0.5, 0.6) is 5.75 Å². The Bertz CT molecular complexity index is 1290. The fourth-order valence-electron chi connectivity index (χ4n) is 4.24. The second-order valence-corrected chi connectivity index (χ2v) is 7.98. The number of aliphatic hydroxyl groups is 1. The highest BCUT2D eigenvalue weighted by Crippen LogP contribution is 2.35. The van der Waals surface area contributed by atoms with Crippen LogP contribution in [-0.4, -0.2) is 42.6 Å². The summed E-state index contributed by atoms with van der Waals surface area (Å²) in [5.41, 5.74) is 7.26. The molecule has 158 valence electrons. The van der Waals surface area contributed by atoms with Crippen LogP contribution in [0, 0.1) is 13.8 Å². The number of rotatable bonds is 4. The monoisotopic (exact) mass is 415 g/mol. The standard InChI is InChI=1S/C24H25N5O2/c1-15-14-28(17-6-4-7-19(30)12-17)24-22(15)27-23(16(2)26-24)20-9-8-18(13-21(20)31-3)29-11-5-10-25-29/h5-6,8-11,13-14,19,30H,4,7,12H2,1-3H3/t19-/m0/s1. The third-order valence-electron chi connectivity index (χ3n) is 5.82. The van der Waals surface area contributed by atoms with Gasteiger partial charge in [0.1, 0.15) is 11.3 Å². The molecular weight excluding hydrogens is 390 g/mol. The van der Waals surface area contributed by atoms with E-state index in [2.05, 4.69) is 21.9 Å². The van der Waals surface area contributed by atoms with Crippen LogP contribution in [0.25, 0.3) is 33.8 Å². The summed E-state index contributed by atoms with van der Waals surface area (Å²) in [6.07, 6.45) is 9.91. The highest BCUT2D eigenvalue weighted by Gasteiger charge is 2.20. The van der Waals surface area contributed by atoms with Gasteiger partial charge < -0.3 is 14.4 Å². The molecule has 1 atom stereocenters. The molecule has 5 rings (SSSR count). The molecule has 3 heterocycles. The predicted molar refractivity (Wildman–Crippen MR) is 120 cm³/mol. The summed E-state index contributed by atoms with van der Waals surface area (Å²) in [5.74, 6) is 0.722. The number of hydrogen-bond acceptors (Lipinski definition) is 5. The van der Waals surface area contributed by atoms with Gasteiger partial charge in [0, 0.05) is 42.3 Å². The van der Waals surface area contributed by atoms with Crippen molar-refractivity contribution in [2.75, 3.05) is 7.11 Å². The third-order valence-corrected chi connectivity index (χ3v) is 5.82. The first-order valence-electron chi connectivity index (χ1n) is 10.5. The molecule has 1 N–H and O–H groups in total. The van der Waals surface area contributed by atoms with Crippen LogP contribution in [-0.2, 0) is 0 Å². The number of ether oxygens (including phenoxy) is 1. The van der Waals surface area contributed by atoms with Crippen molar-refractivity contribution >= 4 is 16.9 Å². The number of aromatic nitrogens is 5. The molecule has 0 spiro atoms. The van der Waals surface area contributed by atoms with Crippen molar-refractivity contribution in [2.24, 2.45) is 0 Å². The van der Waals surface area contributed by atoms with Gasteiger partial charge in [-0.15, -0.1) is 0 Å². The van der Waals surface area contributed by atoms with E-state index in [0.717, 1.165) is 63.7 Å². The van der Waals surface area contributed by atoms with Gasteiger partial charge >= 0.3 is 0 Å². The van der Waals surface area contributed by atoms with Gasteiger partial charge in [-0.2, -0.15) is 5.10 Å². The van der Waals surface area contributed by atoms with Crippen LogP contribution in [0.3, 0.4) is 0 Å². The summed E-state index contributed by atoms with van der Waals surface area (Å²) < 4.78 is 9.57. The molecule has 0 aliphatic heterocycles. The molecule has 0 amide bonds.